The molecule has 0 heterocycles. The summed E-state index contributed by atoms with van der Waals surface area (Å²) in [5, 5.41) is 3.63. The van der Waals surface area contributed by atoms with Gasteiger partial charge in [-0.15, -0.1) is 0 Å². The van der Waals surface area contributed by atoms with E-state index in [2.05, 4.69) is 12.2 Å². The van der Waals surface area contributed by atoms with Gasteiger partial charge in [-0.1, -0.05) is 38.0 Å². The van der Waals surface area contributed by atoms with Crippen molar-refractivity contribution in [2.45, 2.75) is 45.1 Å². The van der Waals surface area contributed by atoms with Crippen molar-refractivity contribution in [1.82, 2.24) is 5.32 Å². The average Bonchev–Trinajstić information content (AvgIpc) is 2.93. The van der Waals surface area contributed by atoms with E-state index in [0.717, 1.165) is 31.2 Å². The van der Waals surface area contributed by atoms with E-state index in [0.29, 0.717) is 6.04 Å². The van der Waals surface area contributed by atoms with Crippen molar-refractivity contribution < 1.29 is 4.74 Å². The van der Waals surface area contributed by atoms with E-state index in [1.165, 1.54) is 25.7 Å². The molecule has 100 valence electrons. The Bertz CT molecular complexity index is 319. The van der Waals surface area contributed by atoms with Gasteiger partial charge >= 0.3 is 0 Å². The fourth-order valence-electron chi connectivity index (χ4n) is 2.95. The van der Waals surface area contributed by atoms with Crippen LogP contribution in [0.15, 0.2) is 30.3 Å². The Morgan fingerprint density at radius 1 is 1.22 bits per heavy atom. The zero-order chi connectivity index (χ0) is 12.6. The first kappa shape index (κ1) is 13.4. The normalized spacial score (nSPS) is 17.8. The predicted octanol–water partition coefficient (Wildman–Crippen LogP) is 3.62. The van der Waals surface area contributed by atoms with E-state index < -0.39 is 0 Å². The lowest BCUT2D eigenvalue weighted by Gasteiger charge is -2.24. The van der Waals surface area contributed by atoms with Gasteiger partial charge in [0.2, 0.25) is 0 Å². The Morgan fingerprint density at radius 2 is 1.94 bits per heavy atom. The molecule has 2 rings (SSSR count). The Hall–Kier alpha value is -1.02. The molecule has 0 aromatic heterocycles. The SMILES string of the molecule is CCNC(CCOc1ccccc1)C1CCCC1. The van der Waals surface area contributed by atoms with Gasteiger partial charge < -0.3 is 10.1 Å². The molecule has 0 radical (unpaired) electrons. The van der Waals surface area contributed by atoms with Gasteiger partial charge in [-0.25, -0.2) is 0 Å². The van der Waals surface area contributed by atoms with Gasteiger partial charge in [-0.2, -0.15) is 0 Å². The molecule has 0 spiro atoms. The smallest absolute Gasteiger partial charge is 0.119 e. The summed E-state index contributed by atoms with van der Waals surface area (Å²) >= 11 is 0. The maximum Gasteiger partial charge on any atom is 0.119 e. The molecule has 0 bridgehead atoms. The average molecular weight is 247 g/mol. The van der Waals surface area contributed by atoms with Gasteiger partial charge in [0.1, 0.15) is 5.75 Å². The van der Waals surface area contributed by atoms with Crippen LogP contribution in [0.4, 0.5) is 0 Å². The standard InChI is InChI=1S/C16H25NO/c1-2-17-16(14-8-6-7-9-14)12-13-18-15-10-4-3-5-11-15/h3-5,10-11,14,16-17H,2,6-9,12-13H2,1H3. The van der Waals surface area contributed by atoms with Crippen molar-refractivity contribution in [3.63, 3.8) is 0 Å². The monoisotopic (exact) mass is 247 g/mol. The largest absolute Gasteiger partial charge is 0.494 e. The summed E-state index contributed by atoms with van der Waals surface area (Å²) in [6.45, 7) is 4.07. The second-order valence-electron chi connectivity index (χ2n) is 5.16. The van der Waals surface area contributed by atoms with Crippen molar-refractivity contribution in [3.8, 4) is 5.75 Å². The molecule has 1 unspecified atom stereocenters. The molecule has 1 aliphatic rings. The van der Waals surface area contributed by atoms with Crippen LogP contribution in [0.1, 0.15) is 39.0 Å². The Labute approximate surface area is 111 Å². The van der Waals surface area contributed by atoms with Crippen LogP contribution in [0.3, 0.4) is 0 Å². The van der Waals surface area contributed by atoms with Gasteiger partial charge in [0.15, 0.2) is 0 Å². The van der Waals surface area contributed by atoms with Gasteiger partial charge in [0.05, 0.1) is 6.61 Å². The van der Waals surface area contributed by atoms with E-state index in [4.69, 9.17) is 4.74 Å². The molecule has 0 amide bonds. The van der Waals surface area contributed by atoms with E-state index in [1.807, 2.05) is 30.3 Å². The first-order chi connectivity index (χ1) is 8.90. The fraction of sp³-hybridized carbons (Fsp3) is 0.625. The number of benzene rings is 1. The van der Waals surface area contributed by atoms with Gasteiger partial charge in [0, 0.05) is 6.04 Å². The summed E-state index contributed by atoms with van der Waals surface area (Å²) in [7, 11) is 0. The Morgan fingerprint density at radius 3 is 2.61 bits per heavy atom. The Kier molecular flexibility index (Phi) is 5.53. The van der Waals surface area contributed by atoms with Gasteiger partial charge in [-0.3, -0.25) is 0 Å². The lowest BCUT2D eigenvalue weighted by atomic mass is 9.95. The summed E-state index contributed by atoms with van der Waals surface area (Å²) in [5.41, 5.74) is 0. The molecule has 18 heavy (non-hydrogen) atoms. The number of hydrogen-bond acceptors (Lipinski definition) is 2. The molecule has 0 saturated heterocycles. The highest BCUT2D eigenvalue weighted by molar-refractivity contribution is 5.20. The lowest BCUT2D eigenvalue weighted by molar-refractivity contribution is 0.253. The van der Waals surface area contributed by atoms with Crippen molar-refractivity contribution >= 4 is 0 Å². The van der Waals surface area contributed by atoms with Gasteiger partial charge in [0.25, 0.3) is 0 Å². The predicted molar refractivity (Wildman–Crippen MR) is 76.0 cm³/mol. The number of hydrogen-bond donors (Lipinski definition) is 1. The molecule has 1 aromatic carbocycles. The first-order valence-corrected chi connectivity index (χ1v) is 7.31. The highest BCUT2D eigenvalue weighted by atomic mass is 16.5. The van der Waals surface area contributed by atoms with Crippen LogP contribution in [-0.2, 0) is 0 Å². The van der Waals surface area contributed by atoms with Crippen molar-refractivity contribution in [2.24, 2.45) is 5.92 Å². The topological polar surface area (TPSA) is 21.3 Å². The second kappa shape index (κ2) is 7.42. The van der Waals surface area contributed by atoms with Crippen LogP contribution >= 0.6 is 0 Å². The van der Waals surface area contributed by atoms with Crippen molar-refractivity contribution in [3.05, 3.63) is 30.3 Å². The molecule has 1 fully saturated rings. The summed E-state index contributed by atoms with van der Waals surface area (Å²) in [5.74, 6) is 1.85. The van der Waals surface area contributed by atoms with Crippen LogP contribution in [0, 0.1) is 5.92 Å². The zero-order valence-electron chi connectivity index (χ0n) is 11.4. The van der Waals surface area contributed by atoms with E-state index in [-0.39, 0.29) is 0 Å². The summed E-state index contributed by atoms with van der Waals surface area (Å²) in [4.78, 5) is 0. The fourth-order valence-corrected chi connectivity index (χ4v) is 2.95. The molecule has 1 aromatic rings. The molecule has 1 aliphatic carbocycles. The molecule has 0 aliphatic heterocycles. The van der Waals surface area contributed by atoms with Crippen LogP contribution in [0.25, 0.3) is 0 Å². The molecular weight excluding hydrogens is 222 g/mol. The summed E-state index contributed by atoms with van der Waals surface area (Å²) < 4.78 is 5.80. The van der Waals surface area contributed by atoms with Crippen molar-refractivity contribution in [1.29, 1.82) is 0 Å². The Balaban J connectivity index is 1.75. The third kappa shape index (κ3) is 4.02. The highest BCUT2D eigenvalue weighted by Gasteiger charge is 2.23. The number of rotatable bonds is 7. The number of ether oxygens (including phenoxy) is 1. The minimum absolute atomic E-state index is 0.640. The van der Waals surface area contributed by atoms with Gasteiger partial charge in [-0.05, 0) is 43.9 Å². The minimum atomic E-state index is 0.640. The third-order valence-corrected chi connectivity index (χ3v) is 3.88. The number of para-hydroxylation sites is 1. The molecular formula is C16H25NO. The van der Waals surface area contributed by atoms with Crippen LogP contribution < -0.4 is 10.1 Å². The number of nitrogens with one attached hydrogen (secondary N) is 1. The second-order valence-corrected chi connectivity index (χ2v) is 5.16. The maximum atomic E-state index is 5.80. The van der Waals surface area contributed by atoms with E-state index in [9.17, 15) is 0 Å². The molecule has 1 atom stereocenters. The molecule has 1 N–H and O–H groups in total. The third-order valence-electron chi connectivity index (χ3n) is 3.88. The molecule has 2 nitrogen and oxygen atoms in total. The van der Waals surface area contributed by atoms with Crippen molar-refractivity contribution in [2.75, 3.05) is 13.2 Å². The quantitative estimate of drug-likeness (QED) is 0.794. The zero-order valence-corrected chi connectivity index (χ0v) is 11.4. The van der Waals surface area contributed by atoms with Crippen LogP contribution in [0.5, 0.6) is 5.75 Å². The molecule has 2 heteroatoms. The maximum absolute atomic E-state index is 5.80. The summed E-state index contributed by atoms with van der Waals surface area (Å²) in [6.07, 6.45) is 6.72. The summed E-state index contributed by atoms with van der Waals surface area (Å²) in [6, 6.07) is 10.8. The highest BCUT2D eigenvalue weighted by Crippen LogP contribution is 2.29. The lowest BCUT2D eigenvalue weighted by Crippen LogP contribution is -2.36. The first-order valence-electron chi connectivity index (χ1n) is 7.31. The minimum Gasteiger partial charge on any atom is -0.494 e. The molecule has 1 saturated carbocycles. The van der Waals surface area contributed by atoms with Crippen LogP contribution in [-0.4, -0.2) is 19.2 Å². The van der Waals surface area contributed by atoms with Crippen LogP contribution in [0.2, 0.25) is 0 Å². The van der Waals surface area contributed by atoms with E-state index in [1.54, 1.807) is 0 Å². The van der Waals surface area contributed by atoms with E-state index >= 15 is 0 Å².